The summed E-state index contributed by atoms with van der Waals surface area (Å²) in [6, 6.07) is 2.79. The van der Waals surface area contributed by atoms with Gasteiger partial charge in [0, 0.05) is 6.20 Å². The number of carboxylic acid groups (broad SMARTS) is 1. The van der Waals surface area contributed by atoms with Crippen molar-refractivity contribution < 1.29 is 15.0 Å². The van der Waals surface area contributed by atoms with Crippen LogP contribution in [-0.2, 0) is 0 Å². The molecular formula is C10H6Cl2N2O3S2. The number of hydrogen-bond donors (Lipinski definition) is 3. The number of carbonyl (C=O) groups is 1. The molecule has 2 rings (SSSR count). The van der Waals surface area contributed by atoms with E-state index in [4.69, 9.17) is 28.3 Å². The largest absolute Gasteiger partial charge is 0.504 e. The normalized spacial score (nSPS) is 10.4. The Hall–Kier alpha value is -1.15. The van der Waals surface area contributed by atoms with Gasteiger partial charge in [-0.15, -0.1) is 11.3 Å². The topological polar surface area (TPSA) is 82.5 Å². The van der Waals surface area contributed by atoms with Gasteiger partial charge in [0.25, 0.3) is 0 Å². The second-order valence-electron chi connectivity index (χ2n) is 3.29. The molecule has 0 aliphatic rings. The van der Waals surface area contributed by atoms with E-state index in [1.165, 1.54) is 11.3 Å². The number of thiophene rings is 1. The van der Waals surface area contributed by atoms with E-state index in [0.717, 1.165) is 24.2 Å². The van der Waals surface area contributed by atoms with Crippen molar-refractivity contribution in [1.82, 2.24) is 4.98 Å². The summed E-state index contributed by atoms with van der Waals surface area (Å²) in [7, 11) is 0. The van der Waals surface area contributed by atoms with Crippen molar-refractivity contribution >= 4 is 58.3 Å². The Balaban J connectivity index is 2.12. The molecule has 0 fully saturated rings. The average Bonchev–Trinajstić information content (AvgIpc) is 2.66. The number of nitrogens with one attached hydrogen (secondary N) is 1. The molecule has 0 unspecified atom stereocenters. The van der Waals surface area contributed by atoms with E-state index in [2.05, 4.69) is 9.71 Å². The lowest BCUT2D eigenvalue weighted by Crippen LogP contribution is -1.99. The molecule has 0 saturated heterocycles. The number of pyridine rings is 1. The second kappa shape index (κ2) is 5.87. The van der Waals surface area contributed by atoms with E-state index in [9.17, 15) is 9.90 Å². The zero-order valence-electron chi connectivity index (χ0n) is 9.05. The van der Waals surface area contributed by atoms with Gasteiger partial charge in [-0.1, -0.05) is 23.2 Å². The number of aromatic nitrogens is 1. The van der Waals surface area contributed by atoms with Crippen LogP contribution in [-0.4, -0.2) is 21.2 Å². The first-order chi connectivity index (χ1) is 8.97. The second-order valence-corrected chi connectivity index (χ2v) is 6.42. The van der Waals surface area contributed by atoms with Gasteiger partial charge in [-0.05, 0) is 24.1 Å². The molecule has 0 radical (unpaired) electrons. The smallest absolute Gasteiger partial charge is 0.337 e. The fourth-order valence-corrected chi connectivity index (χ4v) is 3.54. The Bertz CT molecular complexity index is 633. The molecule has 100 valence electrons. The highest BCUT2D eigenvalue weighted by molar-refractivity contribution is 8.00. The SMILES string of the molecule is O=C(O)c1cnc(NSc2cc(Cl)sc2Cl)c(O)c1. The van der Waals surface area contributed by atoms with Crippen molar-refractivity contribution in [3.8, 4) is 5.75 Å². The van der Waals surface area contributed by atoms with Crippen LogP contribution < -0.4 is 4.72 Å². The van der Waals surface area contributed by atoms with Crippen LogP contribution in [0.3, 0.4) is 0 Å². The van der Waals surface area contributed by atoms with Gasteiger partial charge in [0.15, 0.2) is 11.6 Å². The lowest BCUT2D eigenvalue weighted by Gasteiger charge is -2.06. The fraction of sp³-hybridized carbons (Fsp3) is 0. The number of aromatic carboxylic acids is 1. The molecule has 3 N–H and O–H groups in total. The van der Waals surface area contributed by atoms with E-state index >= 15 is 0 Å². The monoisotopic (exact) mass is 336 g/mol. The number of carboxylic acids is 1. The Morgan fingerprint density at radius 2 is 2.16 bits per heavy atom. The summed E-state index contributed by atoms with van der Waals surface area (Å²) < 4.78 is 3.84. The van der Waals surface area contributed by atoms with E-state index in [1.807, 2.05) is 0 Å². The number of nitrogens with zero attached hydrogens (tertiary/aromatic N) is 1. The molecule has 2 heterocycles. The Kier molecular flexibility index (Phi) is 4.41. The number of rotatable bonds is 4. The highest BCUT2D eigenvalue weighted by Crippen LogP contribution is 2.38. The average molecular weight is 337 g/mol. The Morgan fingerprint density at radius 1 is 1.42 bits per heavy atom. The summed E-state index contributed by atoms with van der Waals surface area (Å²) in [5.74, 6) is -1.27. The zero-order valence-corrected chi connectivity index (χ0v) is 12.2. The summed E-state index contributed by atoms with van der Waals surface area (Å²) in [5, 5.41) is 18.4. The molecule has 5 nitrogen and oxygen atoms in total. The van der Waals surface area contributed by atoms with Crippen molar-refractivity contribution in [3.63, 3.8) is 0 Å². The van der Waals surface area contributed by atoms with Crippen LogP contribution in [0.1, 0.15) is 10.4 Å². The number of hydrogen-bond acceptors (Lipinski definition) is 6. The standard InChI is InChI=1S/C10H6Cl2N2O3S2/c11-7-2-6(8(12)18-7)19-14-9-5(15)1-4(3-13-9)10(16)17/h1-3,15H,(H,13,14)(H,16,17). The van der Waals surface area contributed by atoms with E-state index in [-0.39, 0.29) is 17.1 Å². The van der Waals surface area contributed by atoms with Crippen LogP contribution in [0, 0.1) is 0 Å². The highest BCUT2D eigenvalue weighted by Gasteiger charge is 2.11. The first-order valence-electron chi connectivity index (χ1n) is 4.77. The minimum Gasteiger partial charge on any atom is -0.504 e. The van der Waals surface area contributed by atoms with Crippen molar-refractivity contribution in [1.29, 1.82) is 0 Å². The first kappa shape index (κ1) is 14.3. The van der Waals surface area contributed by atoms with E-state index in [1.54, 1.807) is 6.07 Å². The van der Waals surface area contributed by atoms with Crippen molar-refractivity contribution in [2.75, 3.05) is 4.72 Å². The van der Waals surface area contributed by atoms with Gasteiger partial charge in [-0.25, -0.2) is 9.78 Å². The molecule has 0 aliphatic heterocycles. The molecule has 9 heteroatoms. The third kappa shape index (κ3) is 3.44. The van der Waals surface area contributed by atoms with Crippen molar-refractivity contribution in [2.45, 2.75) is 4.90 Å². The molecule has 2 aromatic rings. The number of halogens is 2. The third-order valence-electron chi connectivity index (χ3n) is 2.00. The van der Waals surface area contributed by atoms with Gasteiger partial charge in [-0.3, -0.25) is 0 Å². The maximum atomic E-state index is 10.7. The molecule has 0 aromatic carbocycles. The summed E-state index contributed by atoms with van der Waals surface area (Å²) in [6.45, 7) is 0. The zero-order chi connectivity index (χ0) is 14.0. The van der Waals surface area contributed by atoms with Crippen LogP contribution in [0.15, 0.2) is 23.2 Å². The van der Waals surface area contributed by atoms with Gasteiger partial charge in [-0.2, -0.15) is 0 Å². The molecule has 19 heavy (non-hydrogen) atoms. The van der Waals surface area contributed by atoms with Crippen molar-refractivity contribution in [3.05, 3.63) is 32.6 Å². The lowest BCUT2D eigenvalue weighted by molar-refractivity contribution is 0.0696. The lowest BCUT2D eigenvalue weighted by atomic mass is 10.3. The molecule has 0 aliphatic carbocycles. The quantitative estimate of drug-likeness (QED) is 0.732. The molecule has 0 amide bonds. The molecule has 2 aromatic heterocycles. The minimum atomic E-state index is -1.16. The molecule has 0 spiro atoms. The van der Waals surface area contributed by atoms with Crippen LogP contribution in [0.4, 0.5) is 5.82 Å². The van der Waals surface area contributed by atoms with Gasteiger partial charge in [0.2, 0.25) is 0 Å². The predicted molar refractivity (Wildman–Crippen MR) is 76.7 cm³/mol. The first-order valence-corrected chi connectivity index (χ1v) is 7.16. The van der Waals surface area contributed by atoms with Crippen molar-refractivity contribution in [2.24, 2.45) is 0 Å². The van der Waals surface area contributed by atoms with Crippen LogP contribution >= 0.6 is 46.5 Å². The molecule has 0 atom stereocenters. The Labute approximate surface area is 126 Å². The summed E-state index contributed by atoms with van der Waals surface area (Å²) in [5.41, 5.74) is -0.0929. The predicted octanol–water partition coefficient (Wildman–Crippen LogP) is 3.97. The maximum Gasteiger partial charge on any atom is 0.337 e. The van der Waals surface area contributed by atoms with Crippen LogP contribution in [0.5, 0.6) is 5.75 Å². The van der Waals surface area contributed by atoms with Crippen LogP contribution in [0.2, 0.25) is 8.67 Å². The van der Waals surface area contributed by atoms with E-state index in [0.29, 0.717) is 13.6 Å². The van der Waals surface area contributed by atoms with Gasteiger partial charge >= 0.3 is 5.97 Å². The summed E-state index contributed by atoms with van der Waals surface area (Å²) in [4.78, 5) is 15.2. The summed E-state index contributed by atoms with van der Waals surface area (Å²) in [6.07, 6.45) is 1.15. The van der Waals surface area contributed by atoms with Gasteiger partial charge in [0.1, 0.15) is 4.34 Å². The fourth-order valence-electron chi connectivity index (χ4n) is 1.15. The number of anilines is 1. The third-order valence-corrected chi connectivity index (χ3v) is 4.56. The molecular weight excluding hydrogens is 331 g/mol. The minimum absolute atomic E-state index is 0.0929. The van der Waals surface area contributed by atoms with E-state index < -0.39 is 5.97 Å². The maximum absolute atomic E-state index is 10.7. The molecule has 0 saturated carbocycles. The summed E-state index contributed by atoms with van der Waals surface area (Å²) >= 11 is 14.1. The number of aromatic hydroxyl groups is 1. The van der Waals surface area contributed by atoms with Crippen LogP contribution in [0.25, 0.3) is 0 Å². The highest BCUT2D eigenvalue weighted by atomic mass is 35.5. The van der Waals surface area contributed by atoms with Gasteiger partial charge < -0.3 is 14.9 Å². The van der Waals surface area contributed by atoms with Gasteiger partial charge in [0.05, 0.1) is 14.8 Å². The molecule has 0 bridgehead atoms. The Morgan fingerprint density at radius 3 is 2.68 bits per heavy atom.